The molecule has 1 aliphatic heterocycles. The highest BCUT2D eigenvalue weighted by Crippen LogP contribution is 2.26. The summed E-state index contributed by atoms with van der Waals surface area (Å²) in [4.78, 5) is 2.38. The molecule has 0 aliphatic carbocycles. The van der Waals surface area contributed by atoms with Crippen LogP contribution >= 0.6 is 0 Å². The molecule has 0 bridgehead atoms. The normalized spacial score (nSPS) is 17.5. The van der Waals surface area contributed by atoms with Crippen molar-refractivity contribution in [3.05, 3.63) is 34.9 Å². The molecule has 2 N–H and O–H groups in total. The maximum atomic E-state index is 5.85. The predicted octanol–water partition coefficient (Wildman–Crippen LogP) is 1.75. The summed E-state index contributed by atoms with van der Waals surface area (Å²) in [5, 5.41) is 0. The minimum Gasteiger partial charge on any atom is -0.380 e. The van der Waals surface area contributed by atoms with Gasteiger partial charge in [0.1, 0.15) is 0 Å². The number of benzene rings is 1. The monoisotopic (exact) mass is 262 g/mol. The molecule has 1 heterocycles. The van der Waals surface area contributed by atoms with Crippen molar-refractivity contribution >= 4 is 0 Å². The number of aryl methyl sites for hydroxylation is 2. The fourth-order valence-corrected chi connectivity index (χ4v) is 2.60. The van der Waals surface area contributed by atoms with Crippen molar-refractivity contribution in [3.8, 4) is 0 Å². The quantitative estimate of drug-likeness (QED) is 0.849. The van der Waals surface area contributed by atoms with E-state index in [4.69, 9.17) is 10.5 Å². The van der Waals surface area contributed by atoms with Crippen LogP contribution in [0.25, 0.3) is 0 Å². The molecule has 1 aliphatic rings. The second kappa shape index (κ2) is 6.04. The van der Waals surface area contributed by atoms with Gasteiger partial charge >= 0.3 is 0 Å². The fraction of sp³-hybridized carbons (Fsp3) is 0.625. The lowest BCUT2D eigenvalue weighted by Gasteiger charge is -2.43. The Morgan fingerprint density at radius 3 is 2.53 bits per heavy atom. The molecular formula is C16H26N2O. The smallest absolute Gasteiger partial charge is 0.0569 e. The number of ether oxygens (including phenoxy) is 1. The number of nitrogens with two attached hydrogens (primary N) is 1. The van der Waals surface area contributed by atoms with E-state index in [0.29, 0.717) is 0 Å². The molecule has 106 valence electrons. The Hall–Kier alpha value is -0.900. The van der Waals surface area contributed by atoms with Crippen LogP contribution in [-0.2, 0) is 11.2 Å². The van der Waals surface area contributed by atoms with Gasteiger partial charge in [-0.3, -0.25) is 0 Å². The maximum absolute atomic E-state index is 5.85. The number of nitrogens with zero attached hydrogens (tertiary/aromatic N) is 1. The molecule has 1 saturated heterocycles. The first-order valence-corrected chi connectivity index (χ1v) is 7.07. The Balaban J connectivity index is 1.82. The van der Waals surface area contributed by atoms with Crippen molar-refractivity contribution in [2.45, 2.75) is 20.3 Å². The third-order valence-electron chi connectivity index (χ3n) is 4.21. The largest absolute Gasteiger partial charge is 0.380 e. The Morgan fingerprint density at radius 1 is 1.26 bits per heavy atom. The lowest BCUT2D eigenvalue weighted by atomic mass is 9.85. The van der Waals surface area contributed by atoms with Crippen molar-refractivity contribution in [2.75, 3.05) is 39.9 Å². The molecule has 0 saturated carbocycles. The minimum absolute atomic E-state index is 0.206. The van der Waals surface area contributed by atoms with Crippen LogP contribution in [0.3, 0.4) is 0 Å². The van der Waals surface area contributed by atoms with Crippen LogP contribution < -0.4 is 5.73 Å². The first-order chi connectivity index (χ1) is 9.04. The summed E-state index contributed by atoms with van der Waals surface area (Å²) in [6, 6.07) is 6.75. The number of hydrogen-bond acceptors (Lipinski definition) is 3. The molecular weight excluding hydrogens is 236 g/mol. The molecule has 19 heavy (non-hydrogen) atoms. The van der Waals surface area contributed by atoms with Gasteiger partial charge in [0.2, 0.25) is 0 Å². The molecule has 1 fully saturated rings. The van der Waals surface area contributed by atoms with Gasteiger partial charge in [-0.1, -0.05) is 18.2 Å². The first kappa shape index (κ1) is 14.5. The van der Waals surface area contributed by atoms with E-state index in [2.05, 4.69) is 44.0 Å². The number of rotatable bonds is 6. The van der Waals surface area contributed by atoms with E-state index >= 15 is 0 Å². The average Bonchev–Trinajstić information content (AvgIpc) is 2.35. The minimum atomic E-state index is 0.206. The summed E-state index contributed by atoms with van der Waals surface area (Å²) in [5.74, 6) is 0. The van der Waals surface area contributed by atoms with Crippen LogP contribution in [0.4, 0.5) is 0 Å². The molecule has 1 aromatic carbocycles. The summed E-state index contributed by atoms with van der Waals surface area (Å²) < 4.78 is 5.32. The van der Waals surface area contributed by atoms with Gasteiger partial charge < -0.3 is 15.4 Å². The van der Waals surface area contributed by atoms with Crippen molar-refractivity contribution < 1.29 is 4.74 Å². The van der Waals surface area contributed by atoms with Gasteiger partial charge in [0.25, 0.3) is 0 Å². The van der Waals surface area contributed by atoms with Crippen LogP contribution in [0.1, 0.15) is 16.7 Å². The van der Waals surface area contributed by atoms with E-state index in [0.717, 1.165) is 39.3 Å². The van der Waals surface area contributed by atoms with Crippen molar-refractivity contribution in [1.82, 2.24) is 4.90 Å². The molecule has 3 heteroatoms. The van der Waals surface area contributed by atoms with Gasteiger partial charge in [-0.25, -0.2) is 0 Å². The lowest BCUT2D eigenvalue weighted by molar-refractivity contribution is -0.117. The Bertz CT molecular complexity index is 421. The second-order valence-electron chi connectivity index (χ2n) is 6.10. The number of hydrogen-bond donors (Lipinski definition) is 1. The highest BCUT2D eigenvalue weighted by molar-refractivity contribution is 5.30. The van der Waals surface area contributed by atoms with E-state index in [-0.39, 0.29) is 5.41 Å². The summed E-state index contributed by atoms with van der Waals surface area (Å²) >= 11 is 0. The molecule has 0 atom stereocenters. The molecule has 1 aromatic rings. The van der Waals surface area contributed by atoms with Gasteiger partial charge in [0, 0.05) is 25.0 Å². The van der Waals surface area contributed by atoms with E-state index < -0.39 is 0 Å². The summed E-state index contributed by atoms with van der Waals surface area (Å²) in [6.07, 6.45) is 1.10. The van der Waals surface area contributed by atoms with Crippen molar-refractivity contribution in [1.29, 1.82) is 0 Å². The molecule has 0 spiro atoms. The molecule has 0 radical (unpaired) electrons. The third kappa shape index (κ3) is 3.56. The van der Waals surface area contributed by atoms with Gasteiger partial charge in [0.15, 0.2) is 0 Å². The van der Waals surface area contributed by atoms with E-state index in [1.807, 2.05) is 0 Å². The second-order valence-corrected chi connectivity index (χ2v) is 6.10. The first-order valence-electron chi connectivity index (χ1n) is 7.07. The van der Waals surface area contributed by atoms with Crippen LogP contribution in [0, 0.1) is 19.3 Å². The third-order valence-corrected chi connectivity index (χ3v) is 4.21. The zero-order chi connectivity index (χ0) is 13.9. The zero-order valence-corrected chi connectivity index (χ0v) is 12.4. The van der Waals surface area contributed by atoms with E-state index in [1.165, 1.54) is 16.7 Å². The van der Waals surface area contributed by atoms with Crippen LogP contribution in [0.5, 0.6) is 0 Å². The molecule has 0 unspecified atom stereocenters. The molecule has 3 nitrogen and oxygen atoms in total. The highest BCUT2D eigenvalue weighted by atomic mass is 16.5. The van der Waals surface area contributed by atoms with Crippen molar-refractivity contribution in [2.24, 2.45) is 11.1 Å². The molecule has 2 rings (SSSR count). The van der Waals surface area contributed by atoms with E-state index in [9.17, 15) is 0 Å². The van der Waals surface area contributed by atoms with Gasteiger partial charge in [-0.15, -0.1) is 0 Å². The highest BCUT2D eigenvalue weighted by Gasteiger charge is 2.37. The summed E-state index contributed by atoms with van der Waals surface area (Å²) in [6.45, 7) is 8.80. The Morgan fingerprint density at radius 2 is 2.00 bits per heavy atom. The van der Waals surface area contributed by atoms with Gasteiger partial charge in [-0.05, 0) is 44.0 Å². The summed E-state index contributed by atoms with van der Waals surface area (Å²) in [7, 11) is 2.18. The van der Waals surface area contributed by atoms with E-state index in [1.54, 1.807) is 0 Å². The lowest BCUT2D eigenvalue weighted by Crippen LogP contribution is -2.54. The Labute approximate surface area is 116 Å². The number of likely N-dealkylation sites (N-methyl/N-ethyl adjacent to an activating group) is 1. The van der Waals surface area contributed by atoms with Crippen LogP contribution in [0.2, 0.25) is 0 Å². The predicted molar refractivity (Wildman–Crippen MR) is 79.4 cm³/mol. The summed E-state index contributed by atoms with van der Waals surface area (Å²) in [5.41, 5.74) is 10.2. The fourth-order valence-electron chi connectivity index (χ4n) is 2.60. The van der Waals surface area contributed by atoms with Gasteiger partial charge in [0.05, 0.1) is 13.2 Å². The zero-order valence-electron chi connectivity index (χ0n) is 12.4. The molecule has 0 aromatic heterocycles. The molecule has 0 amide bonds. The Kier molecular flexibility index (Phi) is 4.61. The standard InChI is InChI=1S/C16H26N2O/c1-13-4-5-15(8-14(13)2)6-7-18(3)10-16(9-17)11-19-12-16/h4-5,8H,6-7,9-12,17H2,1-3H3. The average molecular weight is 262 g/mol. The van der Waals surface area contributed by atoms with Gasteiger partial charge in [-0.2, -0.15) is 0 Å². The van der Waals surface area contributed by atoms with Crippen LogP contribution in [-0.4, -0.2) is 44.8 Å². The maximum Gasteiger partial charge on any atom is 0.0569 e. The van der Waals surface area contributed by atoms with Crippen molar-refractivity contribution in [3.63, 3.8) is 0 Å². The SMILES string of the molecule is Cc1ccc(CCN(C)CC2(CN)COC2)cc1C. The topological polar surface area (TPSA) is 38.5 Å². The van der Waals surface area contributed by atoms with Crippen LogP contribution in [0.15, 0.2) is 18.2 Å².